The highest BCUT2D eigenvalue weighted by molar-refractivity contribution is 5.86. The third-order valence-electron chi connectivity index (χ3n) is 3.32. The Balaban J connectivity index is 2.14. The summed E-state index contributed by atoms with van der Waals surface area (Å²) in [6.07, 6.45) is 3.17. The molecule has 0 spiro atoms. The van der Waals surface area contributed by atoms with Crippen molar-refractivity contribution in [2.75, 3.05) is 0 Å². The van der Waals surface area contributed by atoms with Gasteiger partial charge in [-0.2, -0.15) is 0 Å². The Morgan fingerprint density at radius 2 is 2.10 bits per heavy atom. The minimum absolute atomic E-state index is 0.147. The number of hydrogen-bond acceptors (Lipinski definition) is 2. The van der Waals surface area contributed by atoms with E-state index in [-0.39, 0.29) is 11.5 Å². The first-order valence-corrected chi connectivity index (χ1v) is 6.01. The van der Waals surface area contributed by atoms with Crippen molar-refractivity contribution in [2.24, 2.45) is 7.05 Å². The molecule has 2 heterocycles. The fourth-order valence-corrected chi connectivity index (χ4v) is 2.14. The Kier molecular flexibility index (Phi) is 2.60. The number of fused-ring (bicyclic) bond motifs is 1. The minimum Gasteiger partial charge on any atom is -0.477 e. The van der Waals surface area contributed by atoms with Gasteiger partial charge in [0.05, 0.1) is 5.69 Å². The van der Waals surface area contributed by atoms with Crippen LogP contribution in [0.1, 0.15) is 16.1 Å². The van der Waals surface area contributed by atoms with Gasteiger partial charge in [0.1, 0.15) is 11.5 Å². The van der Waals surface area contributed by atoms with E-state index >= 15 is 0 Å². The quantitative estimate of drug-likeness (QED) is 0.780. The van der Waals surface area contributed by atoms with Crippen molar-refractivity contribution < 1.29 is 14.3 Å². The monoisotopic (exact) mass is 273 g/mol. The van der Waals surface area contributed by atoms with Gasteiger partial charge in [0.15, 0.2) is 0 Å². The van der Waals surface area contributed by atoms with Gasteiger partial charge in [-0.15, -0.1) is 0 Å². The van der Waals surface area contributed by atoms with Gasteiger partial charge in [0.25, 0.3) is 0 Å². The molecule has 0 radical (unpaired) electrons. The molecular formula is C14H12FN3O2. The van der Waals surface area contributed by atoms with Crippen LogP contribution in [0.15, 0.2) is 30.6 Å². The minimum atomic E-state index is -1.01. The molecule has 0 bridgehead atoms. The highest BCUT2D eigenvalue weighted by atomic mass is 19.1. The molecular weight excluding hydrogens is 261 g/mol. The molecule has 0 aliphatic carbocycles. The summed E-state index contributed by atoms with van der Waals surface area (Å²) in [7, 11) is 1.63. The maximum atomic E-state index is 13.6. The van der Waals surface area contributed by atoms with Crippen LogP contribution in [0.25, 0.3) is 17.0 Å². The smallest absolute Gasteiger partial charge is 0.354 e. The Hall–Kier alpha value is -2.63. The van der Waals surface area contributed by atoms with Crippen LogP contribution in [-0.2, 0) is 7.05 Å². The Morgan fingerprint density at radius 3 is 2.70 bits per heavy atom. The summed E-state index contributed by atoms with van der Waals surface area (Å²) in [5.41, 5.74) is 1.99. The second-order valence-corrected chi connectivity index (χ2v) is 4.68. The topological polar surface area (TPSA) is 59.5 Å². The summed E-state index contributed by atoms with van der Waals surface area (Å²) in [5, 5.41) is 9.03. The van der Waals surface area contributed by atoms with Crippen molar-refractivity contribution in [1.82, 2.24) is 14.0 Å². The van der Waals surface area contributed by atoms with Gasteiger partial charge in [0.2, 0.25) is 5.78 Å². The number of aromatic carboxylic acids is 1. The highest BCUT2D eigenvalue weighted by Gasteiger charge is 2.15. The number of benzene rings is 1. The lowest BCUT2D eigenvalue weighted by Crippen LogP contribution is -2.04. The molecule has 102 valence electrons. The largest absolute Gasteiger partial charge is 0.477 e. The van der Waals surface area contributed by atoms with E-state index in [0.29, 0.717) is 22.6 Å². The second kappa shape index (κ2) is 4.19. The number of rotatable bonds is 2. The molecule has 0 aliphatic rings. The van der Waals surface area contributed by atoms with Crippen LogP contribution in [0.5, 0.6) is 0 Å². The fraction of sp³-hybridized carbons (Fsp3) is 0.143. The van der Waals surface area contributed by atoms with E-state index in [4.69, 9.17) is 5.11 Å². The van der Waals surface area contributed by atoms with Crippen molar-refractivity contribution in [1.29, 1.82) is 0 Å². The van der Waals surface area contributed by atoms with E-state index < -0.39 is 5.97 Å². The number of nitrogens with zero attached hydrogens (tertiary/aromatic N) is 3. The van der Waals surface area contributed by atoms with Crippen LogP contribution in [0.2, 0.25) is 0 Å². The molecule has 1 aromatic carbocycles. The van der Waals surface area contributed by atoms with Gasteiger partial charge in [-0.1, -0.05) is 12.1 Å². The number of aromatic nitrogens is 3. The molecule has 20 heavy (non-hydrogen) atoms. The number of carboxylic acid groups (broad SMARTS) is 1. The molecule has 0 atom stereocenters. The molecule has 2 aromatic heterocycles. The Morgan fingerprint density at radius 1 is 1.35 bits per heavy atom. The lowest BCUT2D eigenvalue weighted by atomic mass is 10.1. The summed E-state index contributed by atoms with van der Waals surface area (Å²) in [6, 6.07) is 4.91. The molecule has 0 fully saturated rings. The van der Waals surface area contributed by atoms with E-state index in [1.807, 2.05) is 0 Å². The van der Waals surface area contributed by atoms with Crippen LogP contribution < -0.4 is 0 Å². The molecule has 0 unspecified atom stereocenters. The van der Waals surface area contributed by atoms with Crippen molar-refractivity contribution in [3.05, 3.63) is 47.7 Å². The molecule has 5 nitrogen and oxygen atoms in total. The Bertz CT molecular complexity index is 832. The number of aryl methyl sites for hydroxylation is 2. The summed E-state index contributed by atoms with van der Waals surface area (Å²) in [6.45, 7) is 1.70. The molecule has 6 heteroatoms. The normalized spacial score (nSPS) is 11.2. The number of halogens is 1. The first kappa shape index (κ1) is 12.4. The third kappa shape index (κ3) is 1.77. The van der Waals surface area contributed by atoms with E-state index in [1.165, 1.54) is 16.8 Å². The molecule has 1 N–H and O–H groups in total. The van der Waals surface area contributed by atoms with Gasteiger partial charge < -0.3 is 9.67 Å². The standard InChI is InChI=1S/C14H12FN3O2/c1-8-3-4-9(5-10(8)15)11-6-18-7-12(13(19)20)17(2)14(18)16-11/h3-7H,1-2H3,(H,19,20). The number of carboxylic acids is 1. The van der Waals surface area contributed by atoms with Crippen LogP contribution >= 0.6 is 0 Å². The van der Waals surface area contributed by atoms with E-state index in [9.17, 15) is 9.18 Å². The SMILES string of the molecule is Cc1ccc(-c2cn3cc(C(=O)O)n(C)c3n2)cc1F. The lowest BCUT2D eigenvalue weighted by molar-refractivity contribution is 0.0686. The van der Waals surface area contributed by atoms with Crippen molar-refractivity contribution in [3.63, 3.8) is 0 Å². The zero-order valence-electron chi connectivity index (χ0n) is 11.0. The van der Waals surface area contributed by atoms with Crippen LogP contribution in [0.3, 0.4) is 0 Å². The van der Waals surface area contributed by atoms with Crippen LogP contribution in [0.4, 0.5) is 4.39 Å². The zero-order valence-corrected chi connectivity index (χ0v) is 11.0. The third-order valence-corrected chi connectivity index (χ3v) is 3.32. The summed E-state index contributed by atoms with van der Waals surface area (Å²) >= 11 is 0. The van der Waals surface area contributed by atoms with Crippen molar-refractivity contribution in [3.8, 4) is 11.3 Å². The van der Waals surface area contributed by atoms with Crippen molar-refractivity contribution >= 4 is 11.7 Å². The van der Waals surface area contributed by atoms with E-state index in [1.54, 1.807) is 36.7 Å². The number of carbonyl (C=O) groups is 1. The fourth-order valence-electron chi connectivity index (χ4n) is 2.14. The number of hydrogen-bond donors (Lipinski definition) is 1. The predicted octanol–water partition coefficient (Wildman–Crippen LogP) is 2.49. The Labute approximate surface area is 113 Å². The molecule has 3 aromatic rings. The van der Waals surface area contributed by atoms with Crippen molar-refractivity contribution in [2.45, 2.75) is 6.92 Å². The van der Waals surface area contributed by atoms with Gasteiger partial charge in [0, 0.05) is 25.0 Å². The molecule has 3 rings (SSSR count). The lowest BCUT2D eigenvalue weighted by Gasteiger charge is -2.00. The summed E-state index contributed by atoms with van der Waals surface area (Å²) in [4.78, 5) is 15.4. The van der Waals surface area contributed by atoms with Crippen LogP contribution in [-0.4, -0.2) is 25.0 Å². The van der Waals surface area contributed by atoms with Crippen LogP contribution in [0, 0.1) is 12.7 Å². The van der Waals surface area contributed by atoms with Gasteiger partial charge >= 0.3 is 5.97 Å². The average molecular weight is 273 g/mol. The number of imidazole rings is 2. The summed E-state index contributed by atoms with van der Waals surface area (Å²) in [5.74, 6) is -0.801. The highest BCUT2D eigenvalue weighted by Crippen LogP contribution is 2.22. The summed E-state index contributed by atoms with van der Waals surface area (Å²) < 4.78 is 16.7. The maximum absolute atomic E-state index is 13.6. The molecule has 0 saturated carbocycles. The predicted molar refractivity (Wildman–Crippen MR) is 71.3 cm³/mol. The van der Waals surface area contributed by atoms with Gasteiger partial charge in [-0.05, 0) is 18.6 Å². The molecule has 0 saturated heterocycles. The first-order valence-electron chi connectivity index (χ1n) is 6.01. The maximum Gasteiger partial charge on any atom is 0.354 e. The average Bonchev–Trinajstić information content (AvgIpc) is 2.93. The molecule has 0 amide bonds. The molecule has 0 aliphatic heterocycles. The van der Waals surface area contributed by atoms with E-state index in [0.717, 1.165) is 0 Å². The first-order chi connectivity index (χ1) is 9.47. The second-order valence-electron chi connectivity index (χ2n) is 4.68. The van der Waals surface area contributed by atoms with Gasteiger partial charge in [-0.3, -0.25) is 4.40 Å². The zero-order chi connectivity index (χ0) is 14.4. The van der Waals surface area contributed by atoms with Gasteiger partial charge in [-0.25, -0.2) is 14.2 Å². The van der Waals surface area contributed by atoms with E-state index in [2.05, 4.69) is 4.98 Å².